The molecule has 7 atom stereocenters. The van der Waals surface area contributed by atoms with Crippen LogP contribution >= 0.6 is 0 Å². The molecule has 236 valence electrons. The summed E-state index contributed by atoms with van der Waals surface area (Å²) in [5.74, 6) is -4.17. The number of nitrogens with one attached hydrogen (secondary N) is 1. The fourth-order valence-electron chi connectivity index (χ4n) is 8.74. The van der Waals surface area contributed by atoms with Gasteiger partial charge in [-0.15, -0.1) is 0 Å². The molecule has 0 aliphatic heterocycles. The highest BCUT2D eigenvalue weighted by Gasteiger charge is 2.68. The van der Waals surface area contributed by atoms with Gasteiger partial charge in [-0.3, -0.25) is 28.8 Å². The summed E-state index contributed by atoms with van der Waals surface area (Å²) in [7, 11) is 0. The maximum Gasteiger partial charge on any atom is 0.312 e. The SMILES string of the molecule is C[C@]12CCC(=O)C=C1CCC1C2C(=O)C[C@@]2(C)C1CC[C@]2(O)C(=O)COC(=O)CCC(=O)NCC(C(=O)O)c1ccccc1. The highest BCUT2D eigenvalue weighted by Crippen LogP contribution is 2.66. The fourth-order valence-corrected chi connectivity index (χ4v) is 8.74. The number of carbonyl (C=O) groups excluding carboxylic acids is 5. The standard InChI is InChI=1S/C34H41NO9/c1-32-14-12-22(36)16-21(32)8-9-23-25-13-15-34(43,33(25,2)17-26(37)30(23)32)27(38)19-44-29(40)11-10-28(39)35-18-24(31(41)42)20-6-4-3-5-7-20/h3-7,16,23-25,30,43H,8-15,17-19H2,1-2H3,(H,35,39)(H,41,42)/t23?,24?,25?,30?,32-,33-,34-/m0/s1. The molecule has 0 saturated heterocycles. The lowest BCUT2D eigenvalue weighted by Gasteiger charge is -2.57. The van der Waals surface area contributed by atoms with Gasteiger partial charge in [0.25, 0.3) is 0 Å². The van der Waals surface area contributed by atoms with Crippen molar-refractivity contribution in [1.29, 1.82) is 0 Å². The van der Waals surface area contributed by atoms with E-state index in [1.165, 1.54) is 0 Å². The normalized spacial score (nSPS) is 33.2. The smallest absolute Gasteiger partial charge is 0.312 e. The van der Waals surface area contributed by atoms with Crippen LogP contribution < -0.4 is 5.32 Å². The van der Waals surface area contributed by atoms with Crippen molar-refractivity contribution in [1.82, 2.24) is 5.32 Å². The van der Waals surface area contributed by atoms with Crippen molar-refractivity contribution in [2.45, 2.75) is 83.2 Å². The van der Waals surface area contributed by atoms with E-state index in [2.05, 4.69) is 12.2 Å². The Labute approximate surface area is 256 Å². The van der Waals surface area contributed by atoms with Gasteiger partial charge in [-0.05, 0) is 61.0 Å². The quantitative estimate of drug-likeness (QED) is 0.339. The van der Waals surface area contributed by atoms with Gasteiger partial charge in [-0.25, -0.2) is 0 Å². The van der Waals surface area contributed by atoms with E-state index in [1.807, 2.05) is 0 Å². The molecule has 3 fully saturated rings. The summed E-state index contributed by atoms with van der Waals surface area (Å²) in [4.78, 5) is 75.6. The molecule has 3 N–H and O–H groups in total. The average Bonchev–Trinajstić information content (AvgIpc) is 3.26. The van der Waals surface area contributed by atoms with E-state index >= 15 is 0 Å². The summed E-state index contributed by atoms with van der Waals surface area (Å²) in [6.07, 6.45) is 4.47. The van der Waals surface area contributed by atoms with E-state index < -0.39 is 47.2 Å². The maximum absolute atomic E-state index is 13.8. The Bertz CT molecular complexity index is 1400. The first-order chi connectivity index (χ1) is 20.8. The molecule has 44 heavy (non-hydrogen) atoms. The molecule has 4 aliphatic carbocycles. The number of hydrogen-bond donors (Lipinski definition) is 3. The predicted molar refractivity (Wildman–Crippen MR) is 157 cm³/mol. The molecule has 0 bridgehead atoms. The van der Waals surface area contributed by atoms with Crippen molar-refractivity contribution in [3.63, 3.8) is 0 Å². The van der Waals surface area contributed by atoms with Crippen LogP contribution in [0.2, 0.25) is 0 Å². The number of ketones is 3. The van der Waals surface area contributed by atoms with E-state index in [9.17, 15) is 39.0 Å². The molecule has 10 nitrogen and oxygen atoms in total. The van der Waals surface area contributed by atoms with E-state index in [1.54, 1.807) is 43.3 Å². The lowest BCUT2D eigenvalue weighted by molar-refractivity contribution is -0.173. The van der Waals surface area contributed by atoms with Crippen LogP contribution in [-0.2, 0) is 33.5 Å². The first-order valence-electron chi connectivity index (χ1n) is 15.5. The second kappa shape index (κ2) is 12.0. The maximum atomic E-state index is 13.8. The number of ether oxygens (including phenoxy) is 1. The predicted octanol–water partition coefficient (Wildman–Crippen LogP) is 3.31. The molecule has 5 rings (SSSR count). The number of carboxylic acids is 1. The van der Waals surface area contributed by atoms with Gasteiger partial charge in [0.15, 0.2) is 12.4 Å². The molecule has 1 aromatic rings. The monoisotopic (exact) mass is 607 g/mol. The van der Waals surface area contributed by atoms with Crippen molar-refractivity contribution in [3.8, 4) is 0 Å². The Morgan fingerprint density at radius 2 is 1.75 bits per heavy atom. The molecule has 1 amide bonds. The summed E-state index contributed by atoms with van der Waals surface area (Å²) < 4.78 is 5.17. The van der Waals surface area contributed by atoms with Gasteiger partial charge in [-0.1, -0.05) is 49.8 Å². The van der Waals surface area contributed by atoms with Crippen LogP contribution in [0, 0.1) is 28.6 Å². The van der Waals surface area contributed by atoms with Gasteiger partial charge >= 0.3 is 11.9 Å². The highest BCUT2D eigenvalue weighted by molar-refractivity contribution is 5.95. The molecule has 0 spiro atoms. The van der Waals surface area contributed by atoms with Gasteiger partial charge in [0.1, 0.15) is 11.4 Å². The van der Waals surface area contributed by atoms with Crippen LogP contribution in [0.15, 0.2) is 42.0 Å². The number of fused-ring (bicyclic) bond motifs is 5. The first kappa shape index (κ1) is 31.8. The van der Waals surface area contributed by atoms with E-state index in [0.717, 1.165) is 18.4 Å². The second-order valence-corrected chi connectivity index (χ2v) is 13.5. The second-order valence-electron chi connectivity index (χ2n) is 13.5. The van der Waals surface area contributed by atoms with Gasteiger partial charge in [0.2, 0.25) is 11.7 Å². The van der Waals surface area contributed by atoms with E-state index in [4.69, 9.17) is 4.74 Å². The first-order valence-corrected chi connectivity index (χ1v) is 15.5. The minimum atomic E-state index is -1.82. The fraction of sp³-hybridized carbons (Fsp3) is 0.588. The Balaban J connectivity index is 1.15. The van der Waals surface area contributed by atoms with Crippen molar-refractivity contribution in [3.05, 3.63) is 47.5 Å². The third kappa shape index (κ3) is 5.53. The zero-order valence-electron chi connectivity index (χ0n) is 25.3. The molecule has 0 heterocycles. The number of rotatable bonds is 10. The molecule has 0 radical (unpaired) electrons. The Hall–Kier alpha value is -3.66. The molecule has 4 unspecified atom stereocenters. The molecule has 4 aliphatic rings. The highest BCUT2D eigenvalue weighted by atomic mass is 16.5. The summed E-state index contributed by atoms with van der Waals surface area (Å²) in [6.45, 7) is 3.08. The number of hydrogen-bond acceptors (Lipinski definition) is 8. The lowest BCUT2D eigenvalue weighted by atomic mass is 9.46. The molecular weight excluding hydrogens is 566 g/mol. The van der Waals surface area contributed by atoms with E-state index in [-0.39, 0.29) is 67.0 Å². The van der Waals surface area contributed by atoms with Gasteiger partial charge in [0.05, 0.1) is 12.3 Å². The van der Waals surface area contributed by atoms with Crippen molar-refractivity contribution in [2.75, 3.05) is 13.2 Å². The summed E-state index contributed by atoms with van der Waals surface area (Å²) in [5.41, 5.74) is -1.60. The van der Waals surface area contributed by atoms with Crippen molar-refractivity contribution < 1.29 is 43.7 Å². The van der Waals surface area contributed by atoms with Crippen LogP contribution in [0.4, 0.5) is 0 Å². The van der Waals surface area contributed by atoms with Crippen LogP contribution in [0.5, 0.6) is 0 Å². The number of aliphatic hydroxyl groups is 1. The summed E-state index contributed by atoms with van der Waals surface area (Å²) in [5, 5.41) is 23.8. The van der Waals surface area contributed by atoms with Crippen LogP contribution in [0.25, 0.3) is 0 Å². The van der Waals surface area contributed by atoms with Crippen molar-refractivity contribution >= 4 is 35.2 Å². The minimum absolute atomic E-state index is 0.00195. The number of benzene rings is 1. The Morgan fingerprint density at radius 3 is 2.45 bits per heavy atom. The lowest BCUT2D eigenvalue weighted by Crippen LogP contribution is -2.61. The average molecular weight is 608 g/mol. The largest absolute Gasteiger partial charge is 0.481 e. The third-order valence-corrected chi connectivity index (χ3v) is 11.2. The van der Waals surface area contributed by atoms with Crippen LogP contribution in [0.1, 0.15) is 83.1 Å². The summed E-state index contributed by atoms with van der Waals surface area (Å²) in [6, 6.07) is 8.49. The molecular formula is C34H41NO9. The molecule has 0 aromatic heterocycles. The topological polar surface area (TPSA) is 164 Å². The van der Waals surface area contributed by atoms with Crippen LogP contribution in [-0.4, -0.2) is 64.2 Å². The zero-order chi connectivity index (χ0) is 31.9. The van der Waals surface area contributed by atoms with E-state index in [0.29, 0.717) is 24.8 Å². The van der Waals surface area contributed by atoms with Crippen LogP contribution in [0.3, 0.4) is 0 Å². The Morgan fingerprint density at radius 1 is 1.02 bits per heavy atom. The number of esters is 1. The summed E-state index contributed by atoms with van der Waals surface area (Å²) >= 11 is 0. The number of carbonyl (C=O) groups is 6. The number of Topliss-reactive ketones (excluding diaryl/α,β-unsaturated/α-hetero) is 2. The molecule has 1 aromatic carbocycles. The number of aliphatic carboxylic acids is 1. The van der Waals surface area contributed by atoms with Crippen molar-refractivity contribution in [2.24, 2.45) is 28.6 Å². The zero-order valence-corrected chi connectivity index (χ0v) is 25.3. The van der Waals surface area contributed by atoms with Gasteiger partial charge < -0.3 is 20.3 Å². The van der Waals surface area contributed by atoms with Gasteiger partial charge in [-0.2, -0.15) is 0 Å². The minimum Gasteiger partial charge on any atom is -0.481 e. The molecule has 3 saturated carbocycles. The third-order valence-electron chi connectivity index (χ3n) is 11.2. The Kier molecular flexibility index (Phi) is 8.68. The number of amides is 1. The number of allylic oxidation sites excluding steroid dienone is 1. The molecule has 10 heteroatoms. The van der Waals surface area contributed by atoms with Gasteiger partial charge in [0, 0.05) is 37.1 Å². The number of carboxylic acid groups (broad SMARTS) is 1.